The number of rotatable bonds is 20. The van der Waals surface area contributed by atoms with E-state index >= 15 is 0 Å². The van der Waals surface area contributed by atoms with E-state index in [1.54, 1.807) is 0 Å². The van der Waals surface area contributed by atoms with Gasteiger partial charge in [0.15, 0.2) is 0 Å². The lowest BCUT2D eigenvalue weighted by molar-refractivity contribution is -0.113. The van der Waals surface area contributed by atoms with Crippen LogP contribution in [0.2, 0.25) is 0 Å². The van der Waals surface area contributed by atoms with E-state index < -0.39 is 16.1 Å². The SMILES string of the molecule is CCCCCCCCCCCCCCCCS(=O)(=O)N[C@H](C=O)CC=O. The zero-order valence-electron chi connectivity index (χ0n) is 16.6. The van der Waals surface area contributed by atoms with E-state index in [2.05, 4.69) is 11.6 Å². The lowest BCUT2D eigenvalue weighted by Gasteiger charge is -2.10. The Bertz CT molecular complexity index is 437. The summed E-state index contributed by atoms with van der Waals surface area (Å²) in [5, 5.41) is 0. The van der Waals surface area contributed by atoms with Crippen molar-refractivity contribution in [2.24, 2.45) is 0 Å². The van der Waals surface area contributed by atoms with Crippen LogP contribution < -0.4 is 4.72 Å². The minimum Gasteiger partial charge on any atom is -0.303 e. The van der Waals surface area contributed by atoms with Gasteiger partial charge in [-0.05, 0) is 6.42 Å². The molecule has 0 saturated heterocycles. The van der Waals surface area contributed by atoms with Crippen LogP contribution in [-0.4, -0.2) is 32.8 Å². The zero-order chi connectivity index (χ0) is 19.5. The molecule has 0 radical (unpaired) electrons. The molecule has 0 aliphatic heterocycles. The van der Waals surface area contributed by atoms with Crippen LogP contribution in [0.25, 0.3) is 0 Å². The van der Waals surface area contributed by atoms with Crippen molar-refractivity contribution in [1.29, 1.82) is 0 Å². The highest BCUT2D eigenvalue weighted by atomic mass is 32.2. The summed E-state index contributed by atoms with van der Waals surface area (Å²) in [6.07, 6.45) is 18.0. The van der Waals surface area contributed by atoms with Gasteiger partial charge in [-0.2, -0.15) is 0 Å². The molecule has 0 aromatic heterocycles. The van der Waals surface area contributed by atoms with Crippen LogP contribution in [0.4, 0.5) is 0 Å². The third-order valence-corrected chi connectivity index (χ3v) is 6.10. The number of aldehydes is 2. The first-order valence-electron chi connectivity index (χ1n) is 10.4. The third-order valence-electron chi connectivity index (χ3n) is 4.61. The van der Waals surface area contributed by atoms with Gasteiger partial charge in [0.05, 0.1) is 11.8 Å². The van der Waals surface area contributed by atoms with Gasteiger partial charge < -0.3 is 9.59 Å². The lowest BCUT2D eigenvalue weighted by Crippen LogP contribution is -2.37. The van der Waals surface area contributed by atoms with E-state index in [0.717, 1.165) is 19.3 Å². The van der Waals surface area contributed by atoms with Gasteiger partial charge in [0.25, 0.3) is 0 Å². The summed E-state index contributed by atoms with van der Waals surface area (Å²) in [6.45, 7) is 2.24. The first kappa shape index (κ1) is 25.2. The summed E-state index contributed by atoms with van der Waals surface area (Å²) in [6, 6.07) is -0.927. The molecule has 6 heteroatoms. The molecule has 26 heavy (non-hydrogen) atoms. The molecule has 0 bridgehead atoms. The molecule has 0 spiro atoms. The minimum atomic E-state index is -3.47. The number of sulfonamides is 1. The molecule has 1 atom stereocenters. The number of carbonyl (C=O) groups excluding carboxylic acids is 2. The van der Waals surface area contributed by atoms with Crippen molar-refractivity contribution in [2.45, 2.75) is 109 Å². The van der Waals surface area contributed by atoms with Crippen molar-refractivity contribution in [1.82, 2.24) is 4.72 Å². The monoisotopic (exact) mass is 389 g/mol. The van der Waals surface area contributed by atoms with E-state index in [4.69, 9.17) is 0 Å². The largest absolute Gasteiger partial charge is 0.303 e. The van der Waals surface area contributed by atoms with Crippen LogP contribution >= 0.6 is 0 Å². The Kier molecular flexibility index (Phi) is 17.1. The Morgan fingerprint density at radius 3 is 1.54 bits per heavy atom. The molecule has 0 aliphatic carbocycles. The fourth-order valence-corrected chi connectivity index (χ4v) is 4.33. The fraction of sp³-hybridized carbons (Fsp3) is 0.900. The Hall–Kier alpha value is -0.750. The Labute approximate surface area is 160 Å². The normalized spacial score (nSPS) is 12.8. The van der Waals surface area contributed by atoms with Crippen molar-refractivity contribution in [3.63, 3.8) is 0 Å². The Morgan fingerprint density at radius 2 is 1.15 bits per heavy atom. The second kappa shape index (κ2) is 17.7. The van der Waals surface area contributed by atoms with Crippen molar-refractivity contribution in [3.05, 3.63) is 0 Å². The van der Waals surface area contributed by atoms with E-state index in [0.29, 0.717) is 19.0 Å². The number of hydrogen-bond donors (Lipinski definition) is 1. The van der Waals surface area contributed by atoms with Crippen molar-refractivity contribution >= 4 is 22.6 Å². The highest BCUT2D eigenvalue weighted by Gasteiger charge is 2.16. The van der Waals surface area contributed by atoms with Gasteiger partial charge in [0.1, 0.15) is 12.6 Å². The molecule has 1 N–H and O–H groups in total. The van der Waals surface area contributed by atoms with Crippen LogP contribution in [0.15, 0.2) is 0 Å². The van der Waals surface area contributed by atoms with Gasteiger partial charge in [0, 0.05) is 6.42 Å². The maximum atomic E-state index is 11.8. The number of unbranched alkanes of at least 4 members (excludes halogenated alkanes) is 13. The van der Waals surface area contributed by atoms with Crippen molar-refractivity contribution < 1.29 is 18.0 Å². The van der Waals surface area contributed by atoms with Gasteiger partial charge >= 0.3 is 0 Å². The topological polar surface area (TPSA) is 80.3 Å². The van der Waals surface area contributed by atoms with Gasteiger partial charge in [-0.1, -0.05) is 90.4 Å². The molecule has 0 rings (SSSR count). The summed E-state index contributed by atoms with van der Waals surface area (Å²) in [7, 11) is -3.47. The van der Waals surface area contributed by atoms with Gasteiger partial charge in [-0.3, -0.25) is 0 Å². The predicted octanol–water partition coefficient (Wildman–Crippen LogP) is 4.54. The molecule has 0 saturated carbocycles. The molecular formula is C20H39NO4S. The standard InChI is InChI=1S/C20H39NO4S/c1-2-3-4-5-6-7-8-9-10-11-12-13-14-15-18-26(24,25)21-20(19-23)16-17-22/h17,19-21H,2-16,18H2,1H3/t20-/m0/s1. The second-order valence-corrected chi connectivity index (χ2v) is 9.05. The summed E-state index contributed by atoms with van der Waals surface area (Å²) in [5.41, 5.74) is 0. The summed E-state index contributed by atoms with van der Waals surface area (Å²) >= 11 is 0. The van der Waals surface area contributed by atoms with E-state index in [1.165, 1.54) is 64.2 Å². The first-order valence-corrected chi connectivity index (χ1v) is 12.1. The first-order chi connectivity index (χ1) is 12.6. The summed E-state index contributed by atoms with van der Waals surface area (Å²) in [5.74, 6) is 0.0221. The number of carbonyl (C=O) groups is 2. The molecule has 0 unspecified atom stereocenters. The molecule has 0 fully saturated rings. The van der Waals surface area contributed by atoms with Crippen LogP contribution in [0.5, 0.6) is 0 Å². The van der Waals surface area contributed by atoms with E-state index in [9.17, 15) is 18.0 Å². The summed E-state index contributed by atoms with van der Waals surface area (Å²) in [4.78, 5) is 21.1. The highest BCUT2D eigenvalue weighted by molar-refractivity contribution is 7.89. The van der Waals surface area contributed by atoms with E-state index in [1.807, 2.05) is 0 Å². The van der Waals surface area contributed by atoms with Crippen LogP contribution in [0, 0.1) is 0 Å². The smallest absolute Gasteiger partial charge is 0.212 e. The molecule has 0 aromatic carbocycles. The quantitative estimate of drug-likeness (QED) is 0.245. The Balaban J connectivity index is 3.44. The predicted molar refractivity (Wildman–Crippen MR) is 108 cm³/mol. The van der Waals surface area contributed by atoms with Gasteiger partial charge in [-0.25, -0.2) is 13.1 Å². The average molecular weight is 390 g/mol. The number of hydrogen-bond acceptors (Lipinski definition) is 4. The molecule has 0 aromatic rings. The highest BCUT2D eigenvalue weighted by Crippen LogP contribution is 2.13. The molecule has 0 amide bonds. The van der Waals surface area contributed by atoms with Crippen LogP contribution in [-0.2, 0) is 19.6 Å². The maximum Gasteiger partial charge on any atom is 0.212 e. The van der Waals surface area contributed by atoms with Crippen molar-refractivity contribution in [3.8, 4) is 0 Å². The molecule has 0 aliphatic rings. The molecular weight excluding hydrogens is 350 g/mol. The second-order valence-electron chi connectivity index (χ2n) is 7.18. The molecule has 0 heterocycles. The third kappa shape index (κ3) is 16.7. The molecule has 154 valence electrons. The number of nitrogens with one attached hydrogen (secondary N) is 1. The maximum absolute atomic E-state index is 11.8. The average Bonchev–Trinajstić information content (AvgIpc) is 2.61. The minimum absolute atomic E-state index is 0.0221. The zero-order valence-corrected chi connectivity index (χ0v) is 17.4. The fourth-order valence-electron chi connectivity index (χ4n) is 3.01. The van der Waals surface area contributed by atoms with Gasteiger partial charge in [-0.15, -0.1) is 0 Å². The van der Waals surface area contributed by atoms with Crippen LogP contribution in [0.1, 0.15) is 103 Å². The van der Waals surface area contributed by atoms with E-state index in [-0.39, 0.29) is 12.2 Å². The van der Waals surface area contributed by atoms with Crippen LogP contribution in [0.3, 0.4) is 0 Å². The Morgan fingerprint density at radius 1 is 0.731 bits per heavy atom. The molecule has 5 nitrogen and oxygen atoms in total. The summed E-state index contributed by atoms with van der Waals surface area (Å²) < 4.78 is 25.9. The van der Waals surface area contributed by atoms with Crippen molar-refractivity contribution in [2.75, 3.05) is 5.75 Å². The van der Waals surface area contributed by atoms with Gasteiger partial charge in [0.2, 0.25) is 10.0 Å². The lowest BCUT2D eigenvalue weighted by atomic mass is 10.0.